The van der Waals surface area contributed by atoms with Gasteiger partial charge in [-0.3, -0.25) is 20.2 Å². The minimum atomic E-state index is -2.54. The van der Waals surface area contributed by atoms with Gasteiger partial charge in [-0.2, -0.15) is 0 Å². The standard InChI is InChI=1S/C13H10N4O6/c18-10-7(11(19)15-12(20)14-10)13(21)8(16-22)5-3-1-2-4-6(5)9(13)17-23/h1-4,7,21-23H,(H2,14,15,18,19,20)/b16-8-,17-9+. The van der Waals surface area contributed by atoms with Gasteiger partial charge >= 0.3 is 6.03 Å². The molecule has 1 aromatic rings. The van der Waals surface area contributed by atoms with E-state index >= 15 is 0 Å². The van der Waals surface area contributed by atoms with Crippen molar-refractivity contribution >= 4 is 29.3 Å². The van der Waals surface area contributed by atoms with Crippen LogP contribution in [0.1, 0.15) is 11.1 Å². The molecule has 118 valence electrons. The average molecular weight is 318 g/mol. The molecule has 23 heavy (non-hydrogen) atoms. The fourth-order valence-electron chi connectivity index (χ4n) is 2.85. The van der Waals surface area contributed by atoms with Crippen molar-refractivity contribution in [3.8, 4) is 0 Å². The zero-order valence-corrected chi connectivity index (χ0v) is 11.3. The van der Waals surface area contributed by atoms with E-state index in [4.69, 9.17) is 0 Å². The van der Waals surface area contributed by atoms with Crippen molar-refractivity contribution < 1.29 is 29.9 Å². The molecule has 1 unspecified atom stereocenters. The van der Waals surface area contributed by atoms with Crippen molar-refractivity contribution in [1.82, 2.24) is 10.6 Å². The molecule has 1 aliphatic carbocycles. The largest absolute Gasteiger partial charge is 0.411 e. The van der Waals surface area contributed by atoms with E-state index in [1.807, 2.05) is 10.6 Å². The van der Waals surface area contributed by atoms with E-state index in [0.29, 0.717) is 0 Å². The molecule has 1 fully saturated rings. The third-order valence-corrected chi connectivity index (χ3v) is 3.77. The van der Waals surface area contributed by atoms with Crippen LogP contribution in [0.3, 0.4) is 0 Å². The second-order valence-corrected chi connectivity index (χ2v) is 4.95. The molecule has 5 N–H and O–H groups in total. The van der Waals surface area contributed by atoms with Gasteiger partial charge in [0.25, 0.3) is 0 Å². The second-order valence-electron chi connectivity index (χ2n) is 4.95. The van der Waals surface area contributed by atoms with Gasteiger partial charge in [-0.05, 0) is 0 Å². The highest BCUT2D eigenvalue weighted by molar-refractivity contribution is 6.39. The lowest BCUT2D eigenvalue weighted by Gasteiger charge is -2.32. The first-order valence-electron chi connectivity index (χ1n) is 6.38. The summed E-state index contributed by atoms with van der Waals surface area (Å²) in [6.45, 7) is 0. The number of urea groups is 1. The van der Waals surface area contributed by atoms with Crippen molar-refractivity contribution in [1.29, 1.82) is 0 Å². The summed E-state index contributed by atoms with van der Waals surface area (Å²) >= 11 is 0. The van der Waals surface area contributed by atoms with Crippen LogP contribution in [0, 0.1) is 5.92 Å². The monoisotopic (exact) mass is 318 g/mol. The summed E-state index contributed by atoms with van der Waals surface area (Å²) in [6.07, 6.45) is 0. The first kappa shape index (κ1) is 14.7. The van der Waals surface area contributed by atoms with Crippen molar-refractivity contribution in [3.05, 3.63) is 35.4 Å². The van der Waals surface area contributed by atoms with Crippen LogP contribution in [0.25, 0.3) is 0 Å². The Balaban J connectivity index is 2.23. The maximum absolute atomic E-state index is 12.1. The number of nitrogens with one attached hydrogen (secondary N) is 2. The fraction of sp³-hybridized carbons (Fsp3) is 0.154. The number of barbiturate groups is 1. The summed E-state index contributed by atoms with van der Waals surface area (Å²) in [4.78, 5) is 35.3. The van der Waals surface area contributed by atoms with E-state index in [-0.39, 0.29) is 11.1 Å². The number of fused-ring (bicyclic) bond motifs is 1. The quantitative estimate of drug-likeness (QED) is 0.247. The third-order valence-electron chi connectivity index (χ3n) is 3.77. The summed E-state index contributed by atoms with van der Waals surface area (Å²) < 4.78 is 0. The Morgan fingerprint density at radius 1 is 0.913 bits per heavy atom. The number of oxime groups is 2. The van der Waals surface area contributed by atoms with Gasteiger partial charge in [0.05, 0.1) is 0 Å². The van der Waals surface area contributed by atoms with Gasteiger partial charge in [-0.15, -0.1) is 0 Å². The molecule has 0 radical (unpaired) electrons. The molecule has 0 bridgehead atoms. The molecule has 2 aliphatic rings. The van der Waals surface area contributed by atoms with E-state index in [9.17, 15) is 29.9 Å². The number of carbonyl (C=O) groups excluding carboxylic acids is 3. The summed E-state index contributed by atoms with van der Waals surface area (Å²) in [6, 6.07) is 5.00. The van der Waals surface area contributed by atoms with Gasteiger partial charge in [-0.1, -0.05) is 34.6 Å². The number of carbonyl (C=O) groups is 3. The molecule has 3 rings (SSSR count). The minimum absolute atomic E-state index is 0.183. The van der Waals surface area contributed by atoms with Gasteiger partial charge < -0.3 is 15.5 Å². The van der Waals surface area contributed by atoms with Crippen molar-refractivity contribution in [2.75, 3.05) is 0 Å². The highest BCUT2D eigenvalue weighted by Gasteiger charge is 2.61. The Morgan fingerprint density at radius 3 is 1.74 bits per heavy atom. The molecule has 1 saturated heterocycles. The van der Waals surface area contributed by atoms with Crippen LogP contribution >= 0.6 is 0 Å². The molecule has 10 heteroatoms. The molecule has 4 amide bonds. The predicted molar refractivity (Wildman–Crippen MR) is 73.2 cm³/mol. The van der Waals surface area contributed by atoms with Crippen LogP contribution in [-0.4, -0.2) is 50.4 Å². The Kier molecular flexibility index (Phi) is 3.11. The van der Waals surface area contributed by atoms with Crippen LogP contribution in [0.15, 0.2) is 34.6 Å². The molecule has 1 atom stereocenters. The van der Waals surface area contributed by atoms with E-state index in [1.54, 1.807) is 12.1 Å². The Morgan fingerprint density at radius 2 is 1.35 bits per heavy atom. The van der Waals surface area contributed by atoms with Gasteiger partial charge in [0, 0.05) is 11.1 Å². The maximum Gasteiger partial charge on any atom is 0.328 e. The maximum atomic E-state index is 12.1. The smallest absolute Gasteiger partial charge is 0.328 e. The van der Waals surface area contributed by atoms with Crippen molar-refractivity contribution in [2.45, 2.75) is 5.60 Å². The summed E-state index contributed by atoms with van der Waals surface area (Å²) in [7, 11) is 0. The number of hydrogen-bond donors (Lipinski definition) is 5. The first-order valence-corrected chi connectivity index (χ1v) is 6.38. The number of amides is 4. The lowest BCUT2D eigenvalue weighted by Crippen LogP contribution is -2.66. The van der Waals surface area contributed by atoms with Crippen LogP contribution in [0.2, 0.25) is 0 Å². The van der Waals surface area contributed by atoms with Crippen LogP contribution < -0.4 is 10.6 Å². The van der Waals surface area contributed by atoms with E-state index < -0.39 is 40.8 Å². The summed E-state index contributed by atoms with van der Waals surface area (Å²) in [5, 5.41) is 39.1. The van der Waals surface area contributed by atoms with E-state index in [2.05, 4.69) is 10.3 Å². The van der Waals surface area contributed by atoms with Crippen LogP contribution in [0.4, 0.5) is 4.79 Å². The number of benzene rings is 1. The molecular weight excluding hydrogens is 308 g/mol. The molecule has 1 heterocycles. The van der Waals surface area contributed by atoms with Crippen LogP contribution in [0.5, 0.6) is 0 Å². The van der Waals surface area contributed by atoms with Gasteiger partial charge in [-0.25, -0.2) is 4.79 Å². The van der Waals surface area contributed by atoms with Gasteiger partial charge in [0.1, 0.15) is 11.4 Å². The number of hydrogen-bond acceptors (Lipinski definition) is 8. The fourth-order valence-corrected chi connectivity index (χ4v) is 2.85. The van der Waals surface area contributed by atoms with E-state index in [0.717, 1.165) is 0 Å². The predicted octanol–water partition coefficient (Wildman–Crippen LogP) is -1.23. The molecular formula is C13H10N4O6. The Hall–Kier alpha value is -3.27. The van der Waals surface area contributed by atoms with Crippen molar-refractivity contribution in [3.63, 3.8) is 0 Å². The van der Waals surface area contributed by atoms with E-state index in [1.165, 1.54) is 12.1 Å². The minimum Gasteiger partial charge on any atom is -0.411 e. The number of aliphatic hydroxyl groups is 1. The zero-order valence-electron chi connectivity index (χ0n) is 11.3. The average Bonchev–Trinajstić information content (AvgIpc) is 2.73. The Labute approximate surface area is 128 Å². The number of imide groups is 2. The normalized spacial score (nSPS) is 28.0. The first-order chi connectivity index (χ1) is 10.9. The molecule has 0 saturated carbocycles. The Bertz CT molecular complexity index is 740. The molecule has 1 aromatic carbocycles. The number of rotatable bonds is 1. The summed E-state index contributed by atoms with van der Waals surface area (Å²) in [5.41, 5.74) is -3.05. The van der Waals surface area contributed by atoms with Gasteiger partial charge in [0.15, 0.2) is 11.5 Å². The van der Waals surface area contributed by atoms with Gasteiger partial charge in [0.2, 0.25) is 11.8 Å². The highest BCUT2D eigenvalue weighted by atomic mass is 16.4. The van der Waals surface area contributed by atoms with Crippen molar-refractivity contribution in [2.24, 2.45) is 16.2 Å². The molecule has 0 spiro atoms. The lowest BCUT2D eigenvalue weighted by atomic mass is 9.80. The number of nitrogens with zero attached hydrogens (tertiary/aromatic N) is 2. The molecule has 10 nitrogen and oxygen atoms in total. The SMILES string of the molecule is O=C1NC(=O)C(C2(O)/C(=N\O)c3ccccc3/C2=N\O)C(=O)N1. The zero-order chi connectivity index (χ0) is 16.8. The lowest BCUT2D eigenvalue weighted by molar-refractivity contribution is -0.140. The second kappa shape index (κ2) is 4.88. The molecule has 1 aliphatic heterocycles. The molecule has 0 aromatic heterocycles. The van der Waals surface area contributed by atoms with Crippen LogP contribution in [-0.2, 0) is 9.59 Å². The third kappa shape index (κ3) is 1.82. The summed E-state index contributed by atoms with van der Waals surface area (Å²) in [5.74, 6) is -4.11. The topological polar surface area (TPSA) is 161 Å². The highest BCUT2D eigenvalue weighted by Crippen LogP contribution is 2.37.